The Hall–Kier alpha value is -4.24. The molecule has 2 nitrogen and oxygen atoms in total. The van der Waals surface area contributed by atoms with Gasteiger partial charge in [0.2, 0.25) is 0 Å². The highest BCUT2D eigenvalue weighted by atomic mass is 15.2. The minimum absolute atomic E-state index is 0.179. The van der Waals surface area contributed by atoms with Gasteiger partial charge in [0.25, 0.3) is 6.71 Å². The molecule has 3 aliphatic rings. The first-order valence-electron chi connectivity index (χ1n) is 16.1. The fraction of sp³-hybridized carbons (Fsp3) is 0.250. The molecular weight excluding hydrogens is 519 g/mol. The van der Waals surface area contributed by atoms with Gasteiger partial charge in [-0.2, -0.15) is 0 Å². The first kappa shape index (κ1) is 26.4. The fourth-order valence-electron chi connectivity index (χ4n) is 7.88. The summed E-state index contributed by atoms with van der Waals surface area (Å²) in [6, 6.07) is 37.5. The summed E-state index contributed by atoms with van der Waals surface area (Å²) in [5, 5.41) is 0. The number of fused-ring (bicyclic) bond motifs is 4. The predicted octanol–water partition coefficient (Wildman–Crippen LogP) is 9.05. The summed E-state index contributed by atoms with van der Waals surface area (Å²) in [5.41, 5.74) is 18.7. The largest absolute Gasteiger partial charge is 0.311 e. The van der Waals surface area contributed by atoms with Crippen LogP contribution in [0.5, 0.6) is 0 Å². The maximum atomic E-state index is 2.57. The molecule has 43 heavy (non-hydrogen) atoms. The molecule has 8 rings (SSSR count). The third-order valence-corrected chi connectivity index (χ3v) is 10.1. The van der Waals surface area contributed by atoms with Crippen molar-refractivity contribution >= 4 is 57.2 Å². The number of nitrogens with zero attached hydrogens (tertiary/aromatic N) is 2. The van der Waals surface area contributed by atoms with Crippen molar-refractivity contribution in [2.75, 3.05) is 9.80 Å². The van der Waals surface area contributed by atoms with Crippen LogP contribution in [-0.2, 0) is 0 Å². The van der Waals surface area contributed by atoms with E-state index in [0.717, 1.165) is 0 Å². The molecule has 0 saturated heterocycles. The molecule has 0 amide bonds. The predicted molar refractivity (Wildman–Crippen MR) is 185 cm³/mol. The lowest BCUT2D eigenvalue weighted by Crippen LogP contribution is -2.61. The van der Waals surface area contributed by atoms with Gasteiger partial charge in [-0.05, 0) is 117 Å². The topological polar surface area (TPSA) is 6.48 Å². The Kier molecular flexibility index (Phi) is 6.26. The Morgan fingerprint density at radius 2 is 0.930 bits per heavy atom. The van der Waals surface area contributed by atoms with E-state index in [4.69, 9.17) is 0 Å². The monoisotopic (exact) mass is 558 g/mol. The van der Waals surface area contributed by atoms with Crippen LogP contribution in [0.4, 0.5) is 34.1 Å². The van der Waals surface area contributed by atoms with Gasteiger partial charge in [-0.15, -0.1) is 0 Å². The van der Waals surface area contributed by atoms with E-state index in [2.05, 4.69) is 135 Å². The first-order chi connectivity index (χ1) is 21.0. The maximum Gasteiger partial charge on any atom is 0.252 e. The molecule has 3 heteroatoms. The molecule has 5 aromatic rings. The number of hydrogen-bond donors (Lipinski definition) is 0. The van der Waals surface area contributed by atoms with Crippen molar-refractivity contribution in [2.24, 2.45) is 0 Å². The SMILES string of the molecule is Cc1ccc(N2c3ccc(C)cc3B3c4cc(C)ccc4N(c4ccc(C)cc4)c4cc(C5CCCCC5)cc2c43)cc1. The van der Waals surface area contributed by atoms with Crippen molar-refractivity contribution in [3.05, 3.63) is 125 Å². The summed E-state index contributed by atoms with van der Waals surface area (Å²) < 4.78 is 0. The molecule has 5 aromatic carbocycles. The molecule has 1 aliphatic carbocycles. The van der Waals surface area contributed by atoms with Crippen LogP contribution in [0.1, 0.15) is 65.8 Å². The lowest BCUT2D eigenvalue weighted by Gasteiger charge is -2.45. The van der Waals surface area contributed by atoms with E-state index in [1.165, 1.54) is 110 Å². The van der Waals surface area contributed by atoms with Gasteiger partial charge in [-0.1, -0.05) is 90.0 Å². The molecule has 1 fully saturated rings. The highest BCUT2D eigenvalue weighted by molar-refractivity contribution is 7.00. The standard InChI is InChI=1S/C40H39BN2/c1-26-10-16-32(17-11-26)42-36-20-14-28(3)22-34(36)41-35-23-29(4)15-21-37(35)43(33-18-12-27(2)13-19-33)39-25-31(24-38(42)40(39)41)30-8-6-5-7-9-30/h10-25,30H,5-9H2,1-4H3. The van der Waals surface area contributed by atoms with Crippen LogP contribution in [0.25, 0.3) is 0 Å². The lowest BCUT2D eigenvalue weighted by molar-refractivity contribution is 0.444. The lowest BCUT2D eigenvalue weighted by atomic mass is 9.33. The second kappa shape index (κ2) is 10.2. The van der Waals surface area contributed by atoms with Gasteiger partial charge in [0.1, 0.15) is 0 Å². The van der Waals surface area contributed by atoms with Gasteiger partial charge in [0.05, 0.1) is 0 Å². The van der Waals surface area contributed by atoms with E-state index >= 15 is 0 Å². The summed E-state index contributed by atoms with van der Waals surface area (Å²) in [6.07, 6.45) is 6.58. The Labute approximate surface area is 257 Å². The molecule has 0 N–H and O–H groups in total. The number of aryl methyl sites for hydroxylation is 4. The Bertz CT molecular complexity index is 1720. The molecule has 0 atom stereocenters. The minimum atomic E-state index is 0.179. The van der Waals surface area contributed by atoms with E-state index in [1.807, 2.05) is 0 Å². The molecule has 2 heterocycles. The normalized spacial score (nSPS) is 15.7. The van der Waals surface area contributed by atoms with E-state index in [1.54, 1.807) is 0 Å². The number of rotatable bonds is 3. The maximum absolute atomic E-state index is 2.57. The fourth-order valence-corrected chi connectivity index (χ4v) is 7.88. The van der Waals surface area contributed by atoms with Crippen LogP contribution in [-0.4, -0.2) is 6.71 Å². The van der Waals surface area contributed by atoms with Crippen LogP contribution in [0.3, 0.4) is 0 Å². The van der Waals surface area contributed by atoms with Gasteiger partial charge in [-0.3, -0.25) is 0 Å². The Morgan fingerprint density at radius 3 is 1.40 bits per heavy atom. The number of hydrogen-bond acceptors (Lipinski definition) is 2. The Balaban J connectivity index is 1.48. The second-order valence-corrected chi connectivity index (χ2v) is 13.2. The molecule has 2 aliphatic heterocycles. The zero-order valence-corrected chi connectivity index (χ0v) is 25.8. The van der Waals surface area contributed by atoms with E-state index < -0.39 is 0 Å². The minimum Gasteiger partial charge on any atom is -0.311 e. The molecular formula is C40H39BN2. The summed E-state index contributed by atoms with van der Waals surface area (Å²) in [7, 11) is 0. The third kappa shape index (κ3) is 4.32. The summed E-state index contributed by atoms with van der Waals surface area (Å²) >= 11 is 0. The zero-order chi connectivity index (χ0) is 29.2. The third-order valence-electron chi connectivity index (χ3n) is 10.1. The average Bonchev–Trinajstić information content (AvgIpc) is 3.02. The van der Waals surface area contributed by atoms with Crippen molar-refractivity contribution in [3.8, 4) is 0 Å². The van der Waals surface area contributed by atoms with Crippen LogP contribution in [0.15, 0.2) is 97.1 Å². The summed E-state index contributed by atoms with van der Waals surface area (Å²) in [4.78, 5) is 5.12. The van der Waals surface area contributed by atoms with Gasteiger partial charge in [0, 0.05) is 34.1 Å². The van der Waals surface area contributed by atoms with Gasteiger partial charge < -0.3 is 9.80 Å². The van der Waals surface area contributed by atoms with Gasteiger partial charge in [0.15, 0.2) is 0 Å². The number of anilines is 6. The summed E-state index contributed by atoms with van der Waals surface area (Å²) in [5.74, 6) is 0.604. The molecule has 0 radical (unpaired) electrons. The molecule has 212 valence electrons. The average molecular weight is 559 g/mol. The van der Waals surface area contributed by atoms with Crippen molar-refractivity contribution in [2.45, 2.75) is 65.7 Å². The zero-order valence-electron chi connectivity index (χ0n) is 25.8. The van der Waals surface area contributed by atoms with Gasteiger partial charge in [-0.25, -0.2) is 0 Å². The van der Waals surface area contributed by atoms with E-state index in [-0.39, 0.29) is 6.71 Å². The van der Waals surface area contributed by atoms with Gasteiger partial charge >= 0.3 is 0 Å². The van der Waals surface area contributed by atoms with E-state index in [9.17, 15) is 0 Å². The van der Waals surface area contributed by atoms with E-state index in [0.29, 0.717) is 5.92 Å². The van der Waals surface area contributed by atoms with Crippen molar-refractivity contribution in [1.29, 1.82) is 0 Å². The molecule has 1 saturated carbocycles. The molecule has 0 bridgehead atoms. The molecule has 0 spiro atoms. The molecule has 0 unspecified atom stereocenters. The molecule has 0 aromatic heterocycles. The van der Waals surface area contributed by atoms with Crippen molar-refractivity contribution < 1.29 is 0 Å². The highest BCUT2D eigenvalue weighted by Gasteiger charge is 2.43. The second-order valence-electron chi connectivity index (χ2n) is 13.2. The first-order valence-corrected chi connectivity index (χ1v) is 16.1. The highest BCUT2D eigenvalue weighted by Crippen LogP contribution is 2.46. The summed E-state index contributed by atoms with van der Waals surface area (Å²) in [6.45, 7) is 9.00. The van der Waals surface area contributed by atoms with Crippen LogP contribution in [0, 0.1) is 27.7 Å². The smallest absolute Gasteiger partial charge is 0.252 e. The van der Waals surface area contributed by atoms with Crippen molar-refractivity contribution in [3.63, 3.8) is 0 Å². The quantitative estimate of drug-likeness (QED) is 0.200. The number of benzene rings is 5. The van der Waals surface area contributed by atoms with Crippen LogP contribution in [0.2, 0.25) is 0 Å². The van der Waals surface area contributed by atoms with Crippen molar-refractivity contribution in [1.82, 2.24) is 0 Å². The van der Waals surface area contributed by atoms with Crippen LogP contribution < -0.4 is 26.2 Å². The van der Waals surface area contributed by atoms with Crippen LogP contribution >= 0.6 is 0 Å². The Morgan fingerprint density at radius 1 is 0.488 bits per heavy atom.